The fraction of sp³-hybridized carbons (Fsp3) is 0.760. The number of carbonyl (C=O) groups is 4. The number of likely N-dealkylation sites (tertiary alicyclic amines) is 1. The van der Waals surface area contributed by atoms with Gasteiger partial charge >= 0.3 is 0 Å². The van der Waals surface area contributed by atoms with Crippen LogP contribution in [0.5, 0.6) is 0 Å². The van der Waals surface area contributed by atoms with E-state index in [1.165, 1.54) is 0 Å². The quantitative estimate of drug-likeness (QED) is 0.204. The summed E-state index contributed by atoms with van der Waals surface area (Å²) in [5.74, 6) is -1.98. The maximum absolute atomic E-state index is 12.4. The molecule has 0 radical (unpaired) electrons. The van der Waals surface area contributed by atoms with Crippen molar-refractivity contribution in [3.8, 4) is 0 Å². The maximum Gasteiger partial charge on any atom is 0.260 e. The molecule has 4 heterocycles. The number of carbonyl (C=O) groups excluding carboxylic acids is 4. The first-order valence-electron chi connectivity index (χ1n) is 13.5. The van der Waals surface area contributed by atoms with Crippen LogP contribution in [0.4, 0.5) is 0 Å². The van der Waals surface area contributed by atoms with Crippen molar-refractivity contribution in [3.05, 3.63) is 12.2 Å². The number of hydrogen-bond donors (Lipinski definition) is 2. The molecule has 2 N–H and O–H groups in total. The van der Waals surface area contributed by atoms with Crippen molar-refractivity contribution < 1.29 is 40.0 Å². The minimum absolute atomic E-state index is 0.000566. The van der Waals surface area contributed by atoms with Gasteiger partial charge in [0.1, 0.15) is 6.61 Å². The minimum atomic E-state index is -0.515. The Bertz CT molecular complexity index is 855. The van der Waals surface area contributed by atoms with Gasteiger partial charge in [-0.05, 0) is 31.1 Å². The number of hydroxylamine groups is 2. The Kier molecular flexibility index (Phi) is 8.30. The number of unbranched alkanes of at least 4 members (excludes halogenated alkanes) is 2. The van der Waals surface area contributed by atoms with Crippen LogP contribution in [-0.2, 0) is 33.5 Å². The third-order valence-corrected chi connectivity index (χ3v) is 7.45. The van der Waals surface area contributed by atoms with E-state index in [0.717, 1.165) is 24.3 Å². The highest BCUT2D eigenvalue weighted by molar-refractivity contribution is 6.05. The number of aliphatic hydroxyl groups excluding tert-OH is 1. The molecular formula is C25H37N3O8. The minimum Gasteiger partial charge on any atom is -0.396 e. The first-order valence-corrected chi connectivity index (χ1v) is 12.8. The molecule has 4 amide bonds. The van der Waals surface area contributed by atoms with Gasteiger partial charge in [0, 0.05) is 34.0 Å². The van der Waals surface area contributed by atoms with E-state index in [2.05, 4.69) is 5.32 Å². The molecule has 4 aliphatic rings. The lowest BCUT2D eigenvalue weighted by molar-refractivity contribution is -0.195. The Labute approximate surface area is 212 Å². The summed E-state index contributed by atoms with van der Waals surface area (Å²) >= 11 is 0. The normalized spacial score (nSPS) is 28.5. The first kappa shape index (κ1) is 25.3. The van der Waals surface area contributed by atoms with Crippen LogP contribution >= 0.6 is 0 Å². The molecule has 0 aromatic rings. The van der Waals surface area contributed by atoms with Crippen molar-refractivity contribution >= 4 is 23.6 Å². The van der Waals surface area contributed by atoms with Crippen LogP contribution in [0.2, 0.25) is 0 Å². The van der Waals surface area contributed by atoms with E-state index in [-0.39, 0.29) is 62.8 Å². The third kappa shape index (κ3) is 5.96. The molecule has 11 heteroatoms. The van der Waals surface area contributed by atoms with Crippen LogP contribution in [0.25, 0.3) is 0 Å². The number of piperidine rings is 1. The van der Waals surface area contributed by atoms with Gasteiger partial charge in [0.2, 0.25) is 11.8 Å². The third-order valence-electron chi connectivity index (χ3n) is 7.45. The highest BCUT2D eigenvalue weighted by atomic mass is 16.7. The number of nitrogens with zero attached hydrogens (tertiary/aromatic N) is 2. The standard InChI is InChI=1S/C25H37N3O8/c1-25(16-29)8-11-27(12-9-25)20(31)5-3-2-4-10-26-19(30)15-34-13-14-35-28-23(32)21-17-6-7-18(36-17)22(21)24(28)33/h6-7,17-18,21-22,29H,2-5,8-16H2,1H3,(H,26,30)/i1T. The largest absolute Gasteiger partial charge is 0.396 e. The van der Waals surface area contributed by atoms with E-state index < -0.39 is 23.7 Å². The molecule has 11 nitrogen and oxygen atoms in total. The number of rotatable bonds is 13. The number of imide groups is 1. The van der Waals surface area contributed by atoms with Gasteiger partial charge < -0.3 is 24.8 Å². The van der Waals surface area contributed by atoms with E-state index in [1.807, 2.05) is 17.1 Å². The summed E-state index contributed by atoms with van der Waals surface area (Å²) in [7, 11) is 0. The Hall–Kier alpha value is -2.34. The Balaban J connectivity index is 0.986. The molecule has 200 valence electrons. The lowest BCUT2D eigenvalue weighted by atomic mass is 9.81. The summed E-state index contributed by atoms with van der Waals surface area (Å²) < 4.78 is 18.5. The van der Waals surface area contributed by atoms with E-state index in [1.54, 1.807) is 0 Å². The molecule has 2 bridgehead atoms. The second-order valence-electron chi connectivity index (χ2n) is 10.1. The van der Waals surface area contributed by atoms with Crippen LogP contribution < -0.4 is 5.32 Å². The average Bonchev–Trinajstić information content (AvgIpc) is 3.60. The van der Waals surface area contributed by atoms with Crippen LogP contribution in [0.3, 0.4) is 0 Å². The Morgan fingerprint density at radius 3 is 2.47 bits per heavy atom. The van der Waals surface area contributed by atoms with Gasteiger partial charge in [-0.2, -0.15) is 5.06 Å². The number of fused-ring (bicyclic) bond motifs is 5. The molecule has 4 rings (SSSR count). The molecule has 4 aliphatic heterocycles. The number of amides is 4. The molecule has 0 aromatic carbocycles. The molecular weight excluding hydrogens is 470 g/mol. The molecule has 0 spiro atoms. The Morgan fingerprint density at radius 1 is 1.14 bits per heavy atom. The number of hydrogen-bond acceptors (Lipinski definition) is 8. The topological polar surface area (TPSA) is 135 Å². The van der Waals surface area contributed by atoms with Crippen molar-refractivity contribution in [2.45, 2.75) is 57.6 Å². The van der Waals surface area contributed by atoms with E-state index in [4.69, 9.17) is 15.7 Å². The maximum atomic E-state index is 12.4. The summed E-state index contributed by atoms with van der Waals surface area (Å²) in [5, 5.41) is 13.1. The molecule has 36 heavy (non-hydrogen) atoms. The van der Waals surface area contributed by atoms with Gasteiger partial charge in [-0.25, -0.2) is 0 Å². The van der Waals surface area contributed by atoms with Gasteiger partial charge in [0.25, 0.3) is 11.8 Å². The summed E-state index contributed by atoms with van der Waals surface area (Å²) in [4.78, 5) is 56.3. The molecule has 4 unspecified atom stereocenters. The molecule has 0 saturated carbocycles. The van der Waals surface area contributed by atoms with E-state index >= 15 is 0 Å². The lowest BCUT2D eigenvalue weighted by Gasteiger charge is -2.38. The van der Waals surface area contributed by atoms with Crippen molar-refractivity contribution in [2.75, 3.05) is 46.1 Å². The molecule has 0 aromatic heterocycles. The zero-order valence-corrected chi connectivity index (χ0v) is 20.6. The van der Waals surface area contributed by atoms with Crippen molar-refractivity contribution in [2.24, 2.45) is 17.3 Å². The second kappa shape index (κ2) is 11.8. The van der Waals surface area contributed by atoms with Crippen LogP contribution in [-0.4, -0.2) is 97.0 Å². The van der Waals surface area contributed by atoms with Crippen molar-refractivity contribution in [3.63, 3.8) is 0 Å². The van der Waals surface area contributed by atoms with Gasteiger partial charge in [-0.1, -0.05) is 25.5 Å². The zero-order chi connectivity index (χ0) is 26.4. The van der Waals surface area contributed by atoms with Crippen molar-refractivity contribution in [1.29, 1.82) is 0 Å². The fourth-order valence-electron chi connectivity index (χ4n) is 5.16. The van der Waals surface area contributed by atoms with Crippen molar-refractivity contribution in [1.82, 2.24) is 15.3 Å². The molecule has 0 aliphatic carbocycles. The van der Waals surface area contributed by atoms with Gasteiger partial charge in [0.05, 0.1) is 37.3 Å². The second-order valence-corrected chi connectivity index (χ2v) is 10.1. The SMILES string of the molecule is [3H]CC1(CO)CCN(C(=O)CCCCCNC(=O)COCCON2C(=O)C3C4C=CC(O4)C3C2=O)CC1. The van der Waals surface area contributed by atoms with Gasteiger partial charge in [-0.3, -0.25) is 24.0 Å². The molecule has 4 atom stereocenters. The van der Waals surface area contributed by atoms with E-state index in [0.29, 0.717) is 38.9 Å². The summed E-state index contributed by atoms with van der Waals surface area (Å²) in [5.41, 5.74) is -0.357. The lowest BCUT2D eigenvalue weighted by Crippen LogP contribution is -2.43. The predicted molar refractivity (Wildman–Crippen MR) is 126 cm³/mol. The number of nitrogens with one attached hydrogen (secondary N) is 1. The van der Waals surface area contributed by atoms with Gasteiger partial charge in [0.15, 0.2) is 0 Å². The van der Waals surface area contributed by atoms with E-state index in [9.17, 15) is 24.3 Å². The first-order chi connectivity index (χ1) is 17.9. The summed E-state index contributed by atoms with van der Waals surface area (Å²) in [6.07, 6.45) is 6.98. The Morgan fingerprint density at radius 2 is 1.83 bits per heavy atom. The average molecular weight is 510 g/mol. The fourth-order valence-corrected chi connectivity index (χ4v) is 5.16. The predicted octanol–water partition coefficient (Wildman–Crippen LogP) is 0.171. The monoisotopic (exact) mass is 509 g/mol. The zero-order valence-electron chi connectivity index (χ0n) is 21.6. The number of aliphatic hydroxyl groups is 1. The molecule has 3 fully saturated rings. The summed E-state index contributed by atoms with van der Waals surface area (Å²) in [6.45, 7) is 1.74. The smallest absolute Gasteiger partial charge is 0.260 e. The molecule has 3 saturated heterocycles. The highest BCUT2D eigenvalue weighted by Gasteiger charge is 2.61. The van der Waals surface area contributed by atoms with Crippen LogP contribution in [0.1, 0.15) is 46.8 Å². The van der Waals surface area contributed by atoms with Crippen LogP contribution in [0, 0.1) is 17.3 Å². The van der Waals surface area contributed by atoms with Crippen LogP contribution in [0.15, 0.2) is 12.2 Å². The number of ether oxygens (including phenoxy) is 2. The summed E-state index contributed by atoms with van der Waals surface area (Å²) in [6, 6.07) is 0. The highest BCUT2D eigenvalue weighted by Crippen LogP contribution is 2.45. The van der Waals surface area contributed by atoms with Gasteiger partial charge in [-0.15, -0.1) is 0 Å².